The largest absolute Gasteiger partial charge is 0.350 e. The lowest BCUT2D eigenvalue weighted by atomic mass is 9.99. The minimum Gasteiger partial charge on any atom is -0.350 e. The Morgan fingerprint density at radius 2 is 2.13 bits per heavy atom. The van der Waals surface area contributed by atoms with Gasteiger partial charge in [-0.3, -0.25) is 4.79 Å². The highest BCUT2D eigenvalue weighted by Crippen LogP contribution is 2.27. The number of carbonyl (C=O) groups is 1. The summed E-state index contributed by atoms with van der Waals surface area (Å²) in [6.45, 7) is 2.62. The van der Waals surface area contributed by atoms with Crippen molar-refractivity contribution in [3.8, 4) is 0 Å². The van der Waals surface area contributed by atoms with Gasteiger partial charge in [0.1, 0.15) is 5.69 Å². The van der Waals surface area contributed by atoms with Crippen molar-refractivity contribution in [3.63, 3.8) is 0 Å². The van der Waals surface area contributed by atoms with E-state index in [1.165, 1.54) is 0 Å². The number of piperidine rings is 1. The number of hydrogen-bond acceptors (Lipinski definition) is 4. The molecule has 122 valence electrons. The van der Waals surface area contributed by atoms with Crippen molar-refractivity contribution in [1.29, 1.82) is 0 Å². The molecule has 2 N–H and O–H groups in total. The van der Waals surface area contributed by atoms with Crippen LogP contribution in [0.15, 0.2) is 29.6 Å². The monoisotopic (exact) mass is 349 g/mol. The van der Waals surface area contributed by atoms with Crippen LogP contribution < -0.4 is 10.6 Å². The molecule has 6 heteroatoms. The number of halogens is 1. The first-order valence-corrected chi connectivity index (χ1v) is 9.17. The maximum Gasteiger partial charge on any atom is 0.270 e. The molecule has 2 aromatic rings. The summed E-state index contributed by atoms with van der Waals surface area (Å²) in [5.74, 6) is 0.388. The van der Waals surface area contributed by atoms with E-state index in [0.29, 0.717) is 18.2 Å². The fourth-order valence-corrected chi connectivity index (χ4v) is 3.95. The smallest absolute Gasteiger partial charge is 0.270 e. The zero-order chi connectivity index (χ0) is 16.1. The van der Waals surface area contributed by atoms with Gasteiger partial charge < -0.3 is 10.6 Å². The molecule has 4 nitrogen and oxygen atoms in total. The van der Waals surface area contributed by atoms with Gasteiger partial charge in [-0.15, -0.1) is 11.3 Å². The zero-order valence-electron chi connectivity index (χ0n) is 12.8. The molecule has 0 unspecified atom stereocenters. The fourth-order valence-electron chi connectivity index (χ4n) is 2.75. The normalized spacial score (nSPS) is 15.5. The summed E-state index contributed by atoms with van der Waals surface area (Å²) in [6.07, 6.45) is 2.92. The maximum absolute atomic E-state index is 12.2. The number of amides is 1. The summed E-state index contributed by atoms with van der Waals surface area (Å²) < 4.78 is 0. The van der Waals surface area contributed by atoms with Crippen LogP contribution in [0.2, 0.25) is 5.02 Å². The van der Waals surface area contributed by atoms with Crippen LogP contribution in [0.1, 0.15) is 39.8 Å². The van der Waals surface area contributed by atoms with Crippen LogP contribution in [-0.2, 0) is 6.42 Å². The van der Waals surface area contributed by atoms with Gasteiger partial charge in [0.2, 0.25) is 0 Å². The SMILES string of the molecule is O=C(NCCc1ccccc1Cl)c1csc(C2CCNCC2)n1. The number of thiazole rings is 1. The van der Waals surface area contributed by atoms with Crippen molar-refractivity contribution < 1.29 is 4.79 Å². The Labute approximate surface area is 145 Å². The number of carbonyl (C=O) groups excluding carboxylic acids is 1. The first-order chi connectivity index (χ1) is 11.2. The van der Waals surface area contributed by atoms with Gasteiger partial charge in [0.25, 0.3) is 5.91 Å². The number of aromatic nitrogens is 1. The molecule has 1 amide bonds. The van der Waals surface area contributed by atoms with Gasteiger partial charge in [0.15, 0.2) is 0 Å². The summed E-state index contributed by atoms with van der Waals surface area (Å²) in [5.41, 5.74) is 1.57. The second-order valence-corrected chi connectivity index (χ2v) is 6.99. The van der Waals surface area contributed by atoms with Crippen LogP contribution in [0.4, 0.5) is 0 Å². The Morgan fingerprint density at radius 3 is 2.91 bits per heavy atom. The van der Waals surface area contributed by atoms with Crippen LogP contribution in [-0.4, -0.2) is 30.5 Å². The standard InChI is InChI=1S/C17H20ClN3OS/c18-14-4-2-1-3-12(14)7-10-20-16(22)15-11-23-17(21-15)13-5-8-19-9-6-13/h1-4,11,13,19H,5-10H2,(H,20,22). The molecule has 3 rings (SSSR count). The molecule has 23 heavy (non-hydrogen) atoms. The van der Waals surface area contributed by atoms with E-state index >= 15 is 0 Å². The van der Waals surface area contributed by atoms with Crippen molar-refractivity contribution in [2.24, 2.45) is 0 Å². The number of nitrogens with zero attached hydrogens (tertiary/aromatic N) is 1. The predicted octanol–water partition coefficient (Wildman–Crippen LogP) is 3.24. The van der Waals surface area contributed by atoms with E-state index in [9.17, 15) is 4.79 Å². The third-order valence-corrected chi connectivity index (χ3v) is 5.46. The van der Waals surface area contributed by atoms with E-state index in [-0.39, 0.29) is 5.91 Å². The molecule has 1 aromatic carbocycles. The second-order valence-electron chi connectivity index (χ2n) is 5.69. The number of rotatable bonds is 5. The summed E-state index contributed by atoms with van der Waals surface area (Å²) in [4.78, 5) is 16.7. The van der Waals surface area contributed by atoms with E-state index in [4.69, 9.17) is 11.6 Å². The molecule has 0 atom stereocenters. The first kappa shape index (κ1) is 16.4. The Kier molecular flexibility index (Phi) is 5.65. The average molecular weight is 350 g/mol. The van der Waals surface area contributed by atoms with Gasteiger partial charge in [-0.2, -0.15) is 0 Å². The molecule has 0 radical (unpaired) electrons. The molecule has 0 spiro atoms. The highest BCUT2D eigenvalue weighted by molar-refractivity contribution is 7.09. The average Bonchev–Trinajstić information content (AvgIpc) is 3.07. The van der Waals surface area contributed by atoms with E-state index in [2.05, 4.69) is 15.6 Å². The fraction of sp³-hybridized carbons (Fsp3) is 0.412. The van der Waals surface area contributed by atoms with Crippen molar-refractivity contribution in [1.82, 2.24) is 15.6 Å². The lowest BCUT2D eigenvalue weighted by molar-refractivity contribution is 0.0949. The highest BCUT2D eigenvalue weighted by Gasteiger charge is 2.20. The van der Waals surface area contributed by atoms with Gasteiger partial charge in [-0.25, -0.2) is 4.98 Å². The molecule has 1 aliphatic heterocycles. The molecular formula is C17H20ClN3OS. The minimum atomic E-state index is -0.103. The summed E-state index contributed by atoms with van der Waals surface area (Å²) in [5, 5.41) is 9.96. The Balaban J connectivity index is 1.52. The molecular weight excluding hydrogens is 330 g/mol. The topological polar surface area (TPSA) is 54.0 Å². The molecule has 2 heterocycles. The number of hydrogen-bond donors (Lipinski definition) is 2. The van der Waals surface area contributed by atoms with Gasteiger partial charge in [-0.05, 0) is 44.0 Å². The van der Waals surface area contributed by atoms with Gasteiger partial charge in [0.05, 0.1) is 5.01 Å². The predicted molar refractivity (Wildman–Crippen MR) is 94.4 cm³/mol. The van der Waals surface area contributed by atoms with Gasteiger partial charge >= 0.3 is 0 Å². The van der Waals surface area contributed by atoms with Crippen LogP contribution in [0.25, 0.3) is 0 Å². The minimum absolute atomic E-state index is 0.103. The third-order valence-electron chi connectivity index (χ3n) is 4.08. The van der Waals surface area contributed by atoms with Gasteiger partial charge in [0, 0.05) is 22.9 Å². The maximum atomic E-state index is 12.2. The third kappa shape index (κ3) is 4.31. The summed E-state index contributed by atoms with van der Waals surface area (Å²) in [7, 11) is 0. The van der Waals surface area contributed by atoms with E-state index in [0.717, 1.165) is 47.9 Å². The number of nitrogens with one attached hydrogen (secondary N) is 2. The molecule has 0 saturated carbocycles. The van der Waals surface area contributed by atoms with E-state index in [1.54, 1.807) is 11.3 Å². The molecule has 1 fully saturated rings. The highest BCUT2D eigenvalue weighted by atomic mass is 35.5. The Hall–Kier alpha value is -1.43. The lowest BCUT2D eigenvalue weighted by Crippen LogP contribution is -2.27. The summed E-state index contributed by atoms with van der Waals surface area (Å²) >= 11 is 7.71. The molecule has 0 aliphatic carbocycles. The summed E-state index contributed by atoms with van der Waals surface area (Å²) in [6, 6.07) is 7.70. The van der Waals surface area contributed by atoms with Crippen molar-refractivity contribution >= 4 is 28.8 Å². The van der Waals surface area contributed by atoms with Crippen LogP contribution in [0.5, 0.6) is 0 Å². The quantitative estimate of drug-likeness (QED) is 0.871. The Morgan fingerprint density at radius 1 is 1.35 bits per heavy atom. The van der Waals surface area contributed by atoms with Crippen LogP contribution in [0, 0.1) is 0 Å². The van der Waals surface area contributed by atoms with Crippen LogP contribution >= 0.6 is 22.9 Å². The molecule has 1 aliphatic rings. The lowest BCUT2D eigenvalue weighted by Gasteiger charge is -2.20. The first-order valence-electron chi connectivity index (χ1n) is 7.92. The van der Waals surface area contributed by atoms with Crippen molar-refractivity contribution in [3.05, 3.63) is 50.9 Å². The van der Waals surface area contributed by atoms with Crippen molar-refractivity contribution in [2.75, 3.05) is 19.6 Å². The van der Waals surface area contributed by atoms with Gasteiger partial charge in [-0.1, -0.05) is 29.8 Å². The Bertz CT molecular complexity index is 667. The molecule has 1 aromatic heterocycles. The zero-order valence-corrected chi connectivity index (χ0v) is 14.4. The van der Waals surface area contributed by atoms with E-state index in [1.807, 2.05) is 29.6 Å². The second kappa shape index (κ2) is 7.90. The van der Waals surface area contributed by atoms with Crippen molar-refractivity contribution in [2.45, 2.75) is 25.2 Å². The molecule has 0 bridgehead atoms. The van der Waals surface area contributed by atoms with Crippen LogP contribution in [0.3, 0.4) is 0 Å². The van der Waals surface area contributed by atoms with E-state index < -0.39 is 0 Å². The number of benzene rings is 1. The molecule has 1 saturated heterocycles.